The molecule has 422 valence electrons. The average Bonchev–Trinajstić information content (AvgIpc) is 3.38. The highest BCUT2D eigenvalue weighted by atomic mass is 16.7. The van der Waals surface area contributed by atoms with Gasteiger partial charge < -0.3 is 28.5 Å². The Morgan fingerprint density at radius 3 is 1.15 bits per heavy atom. The minimum Gasteiger partial charge on any atom is -0.477 e. The Bertz CT molecular complexity index is 1730. The van der Waals surface area contributed by atoms with Crippen LogP contribution in [-0.4, -0.2) is 87.4 Å². The summed E-state index contributed by atoms with van der Waals surface area (Å²) in [5.74, 6) is -2.09. The molecule has 0 aliphatic heterocycles. The van der Waals surface area contributed by atoms with Crippen molar-refractivity contribution in [2.75, 3.05) is 47.5 Å². The van der Waals surface area contributed by atoms with Crippen molar-refractivity contribution < 1.29 is 42.9 Å². The van der Waals surface area contributed by atoms with Gasteiger partial charge in [0, 0.05) is 12.8 Å². The van der Waals surface area contributed by atoms with Gasteiger partial charge in [0.1, 0.15) is 13.2 Å². The van der Waals surface area contributed by atoms with Crippen molar-refractivity contribution in [2.45, 2.75) is 206 Å². The molecule has 0 bridgehead atoms. The summed E-state index contributed by atoms with van der Waals surface area (Å²) in [6, 6.07) is 0. The van der Waals surface area contributed by atoms with Gasteiger partial charge in [-0.05, 0) is 122 Å². The Morgan fingerprint density at radius 1 is 0.413 bits per heavy atom. The molecule has 75 heavy (non-hydrogen) atoms. The van der Waals surface area contributed by atoms with Crippen LogP contribution in [0.25, 0.3) is 0 Å². The lowest BCUT2D eigenvalue weighted by molar-refractivity contribution is -0.870. The molecule has 1 N–H and O–H groups in total. The number of nitrogens with zero attached hydrogens (tertiary/aromatic N) is 1. The summed E-state index contributed by atoms with van der Waals surface area (Å²) in [6.45, 7) is 4.65. The number of carboxylic acids is 1. The van der Waals surface area contributed by atoms with Crippen LogP contribution < -0.4 is 0 Å². The van der Waals surface area contributed by atoms with E-state index >= 15 is 0 Å². The predicted octanol–water partition coefficient (Wildman–Crippen LogP) is 17.2. The maximum atomic E-state index is 12.9. The van der Waals surface area contributed by atoms with Crippen LogP contribution in [0.3, 0.4) is 0 Å². The number of carbonyl (C=O) groups excluding carboxylic acids is 2. The molecule has 0 rings (SSSR count). The highest BCUT2D eigenvalue weighted by Crippen LogP contribution is 2.12. The summed E-state index contributed by atoms with van der Waals surface area (Å²) >= 11 is 0. The number of rotatable bonds is 51. The fourth-order valence-electron chi connectivity index (χ4n) is 7.13. The molecule has 0 aromatic rings. The number of hydrogen-bond acceptors (Lipinski definition) is 7. The van der Waals surface area contributed by atoms with E-state index in [4.69, 9.17) is 18.9 Å². The van der Waals surface area contributed by atoms with E-state index in [1.807, 2.05) is 21.1 Å². The lowest BCUT2D eigenvalue weighted by atomic mass is 10.1. The first-order valence-corrected chi connectivity index (χ1v) is 29.0. The van der Waals surface area contributed by atoms with Crippen LogP contribution in [0.1, 0.15) is 194 Å². The van der Waals surface area contributed by atoms with Gasteiger partial charge in [-0.1, -0.05) is 205 Å². The second-order valence-electron chi connectivity index (χ2n) is 19.9. The van der Waals surface area contributed by atoms with E-state index in [-0.39, 0.29) is 38.6 Å². The largest absolute Gasteiger partial charge is 0.477 e. The zero-order chi connectivity index (χ0) is 54.8. The van der Waals surface area contributed by atoms with Gasteiger partial charge in [0.25, 0.3) is 6.29 Å². The number of esters is 2. The summed E-state index contributed by atoms with van der Waals surface area (Å²) in [5, 5.41) is 9.70. The molecule has 2 unspecified atom stereocenters. The Morgan fingerprint density at radius 2 is 0.760 bits per heavy atom. The van der Waals surface area contributed by atoms with Crippen molar-refractivity contribution in [1.29, 1.82) is 0 Å². The molecule has 2 atom stereocenters. The predicted molar refractivity (Wildman–Crippen MR) is 317 cm³/mol. The molecule has 0 aromatic carbocycles. The highest BCUT2D eigenvalue weighted by molar-refractivity contribution is 5.71. The molecular formula is C66H106NO8+. The number of ether oxygens (including phenoxy) is 4. The van der Waals surface area contributed by atoms with Crippen molar-refractivity contribution in [2.24, 2.45) is 0 Å². The van der Waals surface area contributed by atoms with E-state index in [0.717, 1.165) is 128 Å². The van der Waals surface area contributed by atoms with Gasteiger partial charge in [0.05, 0.1) is 34.4 Å². The zero-order valence-corrected chi connectivity index (χ0v) is 47.9. The molecule has 0 aromatic heterocycles. The van der Waals surface area contributed by atoms with E-state index in [9.17, 15) is 19.5 Å². The fraction of sp³-hybridized carbons (Fsp3) is 0.591. The minimum absolute atomic E-state index is 0.170. The van der Waals surface area contributed by atoms with Crippen LogP contribution in [-0.2, 0) is 33.3 Å². The van der Waals surface area contributed by atoms with Gasteiger partial charge in [0.15, 0.2) is 6.10 Å². The Balaban J connectivity index is 4.40. The molecule has 0 saturated carbocycles. The average molecular weight is 1040 g/mol. The van der Waals surface area contributed by atoms with Gasteiger partial charge >= 0.3 is 17.9 Å². The number of allylic oxidation sites excluding steroid dienone is 24. The maximum Gasteiger partial charge on any atom is 0.361 e. The summed E-state index contributed by atoms with van der Waals surface area (Å²) in [4.78, 5) is 37.4. The van der Waals surface area contributed by atoms with Crippen LogP contribution in [0.4, 0.5) is 0 Å². The molecular weight excluding hydrogens is 935 g/mol. The molecule has 0 heterocycles. The van der Waals surface area contributed by atoms with Crippen LogP contribution in [0.2, 0.25) is 0 Å². The van der Waals surface area contributed by atoms with Gasteiger partial charge in [-0.15, -0.1) is 0 Å². The van der Waals surface area contributed by atoms with E-state index in [1.165, 1.54) is 32.1 Å². The first-order chi connectivity index (χ1) is 36.6. The smallest absolute Gasteiger partial charge is 0.361 e. The molecule has 9 nitrogen and oxygen atoms in total. The quantitative estimate of drug-likeness (QED) is 0.0211. The van der Waals surface area contributed by atoms with Crippen LogP contribution >= 0.6 is 0 Å². The molecule has 0 aliphatic rings. The lowest BCUT2D eigenvalue weighted by Gasteiger charge is -2.25. The number of carbonyl (C=O) groups is 3. The molecule has 0 aliphatic carbocycles. The van der Waals surface area contributed by atoms with Gasteiger partial charge in [0.2, 0.25) is 0 Å². The van der Waals surface area contributed by atoms with Crippen LogP contribution in [0, 0.1) is 0 Å². The summed E-state index contributed by atoms with van der Waals surface area (Å²) < 4.78 is 22.8. The maximum absolute atomic E-state index is 12.9. The number of quaternary nitrogens is 1. The van der Waals surface area contributed by atoms with Crippen molar-refractivity contribution in [3.8, 4) is 0 Å². The van der Waals surface area contributed by atoms with Crippen LogP contribution in [0.5, 0.6) is 0 Å². The van der Waals surface area contributed by atoms with Gasteiger partial charge in [-0.2, -0.15) is 0 Å². The molecule has 9 heteroatoms. The third-order valence-corrected chi connectivity index (χ3v) is 11.6. The fourth-order valence-corrected chi connectivity index (χ4v) is 7.13. The monoisotopic (exact) mass is 1040 g/mol. The third kappa shape index (κ3) is 56.7. The summed E-state index contributed by atoms with van der Waals surface area (Å²) in [7, 11) is 5.94. The molecule has 0 amide bonds. The summed E-state index contributed by atoms with van der Waals surface area (Å²) in [5.41, 5.74) is 0. The number of aliphatic carboxylic acids is 1. The molecule has 0 spiro atoms. The van der Waals surface area contributed by atoms with E-state index in [2.05, 4.69) is 160 Å². The van der Waals surface area contributed by atoms with Gasteiger partial charge in [-0.3, -0.25) is 9.59 Å². The van der Waals surface area contributed by atoms with Crippen molar-refractivity contribution >= 4 is 17.9 Å². The van der Waals surface area contributed by atoms with Gasteiger partial charge in [-0.25, -0.2) is 4.79 Å². The van der Waals surface area contributed by atoms with Crippen molar-refractivity contribution in [3.63, 3.8) is 0 Å². The first-order valence-electron chi connectivity index (χ1n) is 29.0. The number of hydrogen-bond donors (Lipinski definition) is 1. The number of carboxylic acid groups (broad SMARTS) is 1. The number of unbranched alkanes of at least 4 members (excludes halogenated alkanes) is 12. The molecule has 0 fully saturated rings. The van der Waals surface area contributed by atoms with Crippen molar-refractivity contribution in [1.82, 2.24) is 0 Å². The van der Waals surface area contributed by atoms with E-state index in [1.54, 1.807) is 0 Å². The highest BCUT2D eigenvalue weighted by Gasteiger charge is 2.25. The lowest BCUT2D eigenvalue weighted by Crippen LogP contribution is -2.40. The van der Waals surface area contributed by atoms with Crippen molar-refractivity contribution in [3.05, 3.63) is 146 Å². The second-order valence-corrected chi connectivity index (χ2v) is 19.9. The Labute approximate surface area is 458 Å². The van der Waals surface area contributed by atoms with E-state index < -0.39 is 24.3 Å². The topological polar surface area (TPSA) is 108 Å². The first kappa shape index (κ1) is 70.2. The zero-order valence-electron chi connectivity index (χ0n) is 47.9. The molecule has 0 radical (unpaired) electrons. The minimum atomic E-state index is -1.53. The second kappa shape index (κ2) is 55.4. The Kier molecular flexibility index (Phi) is 51.8. The third-order valence-electron chi connectivity index (χ3n) is 11.6. The van der Waals surface area contributed by atoms with E-state index in [0.29, 0.717) is 17.4 Å². The molecule has 0 saturated heterocycles. The Hall–Kier alpha value is -4.83. The summed E-state index contributed by atoms with van der Waals surface area (Å²) in [6.07, 6.45) is 77.8. The number of likely N-dealkylation sites (N-methyl/N-ethyl adjacent to an activating group) is 1. The van der Waals surface area contributed by atoms with Crippen LogP contribution in [0.15, 0.2) is 146 Å². The normalized spacial score (nSPS) is 13.9. The standard InChI is InChI=1S/C66H105NO8/c1-6-8-10-12-14-16-18-20-22-24-26-27-28-29-30-31-32-33-34-35-36-37-39-41-43-45-47-49-51-53-55-57-64(69)75-62(61-74-66(65(70)71)72-59-58-67(3,4)5)60-73-63(68)56-54-52-50-48-46-44-42-40-38-25-23-21-19-17-15-13-11-9-7-2/h8,10,14-17,20-23,26-27,29-30,32-33,35-36,38-41,45,47,62,66H,6-7,9,11-13,18-19,24-25,28,31,34,37,42-44,46,48-61H2,1-5H3/p+1/b10-8-,16-14-,17-15-,22-20-,23-21-,27-26-,30-29-,33-32-,36-35-,40-38-,41-39-,47-45-. The SMILES string of the molecule is CC/C=C\C/C=C\C/C=C\C/C=C\C/C=C\C/C=C\C/C=C\C/C=C\C/C=C\CCCCCC(=O)OC(COC(=O)CCCCCCCC/C=C\C/C=C\C/C=C\CCCCC)COC(OCC[N+](C)(C)C)C(=O)O.